The van der Waals surface area contributed by atoms with E-state index in [0.717, 1.165) is 25.7 Å². The van der Waals surface area contributed by atoms with Crippen LogP contribution in [0.2, 0.25) is 0 Å². The molecule has 2 fully saturated rings. The van der Waals surface area contributed by atoms with Crippen LogP contribution >= 0.6 is 0 Å². The van der Waals surface area contributed by atoms with E-state index in [4.69, 9.17) is 5.11 Å². The number of nitrogens with zero attached hydrogens (tertiary/aromatic N) is 1. The quantitative estimate of drug-likeness (QED) is 0.817. The van der Waals surface area contributed by atoms with E-state index in [1.807, 2.05) is 13.8 Å². The largest absolute Gasteiger partial charge is 0.480 e. The van der Waals surface area contributed by atoms with Gasteiger partial charge >= 0.3 is 5.97 Å². The van der Waals surface area contributed by atoms with Crippen LogP contribution in [0.15, 0.2) is 0 Å². The lowest BCUT2D eigenvalue weighted by Gasteiger charge is -2.28. The van der Waals surface area contributed by atoms with E-state index in [2.05, 4.69) is 0 Å². The molecule has 4 heteroatoms. The first-order valence-electron chi connectivity index (χ1n) is 7.02. The fraction of sp³-hybridized carbons (Fsp3) is 0.857. The summed E-state index contributed by atoms with van der Waals surface area (Å²) < 4.78 is 0. The van der Waals surface area contributed by atoms with Crippen LogP contribution in [0.1, 0.15) is 52.4 Å². The van der Waals surface area contributed by atoms with Gasteiger partial charge in [-0.25, -0.2) is 0 Å². The summed E-state index contributed by atoms with van der Waals surface area (Å²) in [6.07, 6.45) is 6.56. The highest BCUT2D eigenvalue weighted by Gasteiger charge is 2.59. The molecule has 102 valence electrons. The van der Waals surface area contributed by atoms with Gasteiger partial charge in [0.1, 0.15) is 6.54 Å². The maximum atomic E-state index is 12.5. The number of carbonyl (C=O) groups is 2. The number of amides is 1. The van der Waals surface area contributed by atoms with Gasteiger partial charge in [-0.1, -0.05) is 19.8 Å². The van der Waals surface area contributed by atoms with Crippen LogP contribution in [-0.4, -0.2) is 34.5 Å². The molecule has 2 aliphatic carbocycles. The van der Waals surface area contributed by atoms with Gasteiger partial charge in [-0.2, -0.15) is 0 Å². The molecule has 2 aliphatic rings. The van der Waals surface area contributed by atoms with Gasteiger partial charge in [0.15, 0.2) is 0 Å². The zero-order chi connectivity index (χ0) is 13.3. The lowest BCUT2D eigenvalue weighted by Crippen LogP contribution is -2.43. The van der Waals surface area contributed by atoms with Gasteiger partial charge in [0, 0.05) is 12.0 Å². The molecule has 0 bridgehead atoms. The van der Waals surface area contributed by atoms with Gasteiger partial charge in [0.25, 0.3) is 0 Å². The van der Waals surface area contributed by atoms with E-state index in [9.17, 15) is 9.59 Å². The molecule has 0 saturated heterocycles. The average Bonchev–Trinajstić information content (AvgIpc) is 2.82. The second kappa shape index (κ2) is 4.90. The predicted molar refractivity (Wildman–Crippen MR) is 68.1 cm³/mol. The molecule has 0 aromatic carbocycles. The average molecular weight is 253 g/mol. The zero-order valence-electron chi connectivity index (χ0n) is 11.3. The Morgan fingerprint density at radius 2 is 2.00 bits per heavy atom. The number of carbonyl (C=O) groups excluding carboxylic acids is 1. The second-order valence-electron chi connectivity index (χ2n) is 5.94. The molecule has 4 nitrogen and oxygen atoms in total. The third-order valence-corrected chi connectivity index (χ3v) is 4.80. The molecule has 0 aliphatic heterocycles. The molecule has 2 unspecified atom stereocenters. The minimum absolute atomic E-state index is 0.0210. The number of carboxylic acids is 1. The molecule has 2 atom stereocenters. The number of aliphatic carboxylic acids is 1. The summed E-state index contributed by atoms with van der Waals surface area (Å²) in [4.78, 5) is 24.9. The number of rotatable bonds is 5. The molecule has 2 saturated carbocycles. The van der Waals surface area contributed by atoms with E-state index in [1.54, 1.807) is 4.90 Å². The first-order valence-corrected chi connectivity index (χ1v) is 7.02. The first-order chi connectivity index (χ1) is 8.50. The Morgan fingerprint density at radius 1 is 1.39 bits per heavy atom. The van der Waals surface area contributed by atoms with Gasteiger partial charge in [-0.3, -0.25) is 9.59 Å². The Balaban J connectivity index is 2.02. The monoisotopic (exact) mass is 253 g/mol. The summed E-state index contributed by atoms with van der Waals surface area (Å²) in [5, 5.41) is 8.94. The molecule has 0 radical (unpaired) electrons. The van der Waals surface area contributed by atoms with E-state index in [1.165, 1.54) is 12.8 Å². The van der Waals surface area contributed by atoms with Crippen molar-refractivity contribution >= 4 is 11.9 Å². The highest BCUT2D eigenvalue weighted by Crippen LogP contribution is 2.63. The maximum absolute atomic E-state index is 12.5. The summed E-state index contributed by atoms with van der Waals surface area (Å²) in [5.41, 5.74) is 0.251. The summed E-state index contributed by atoms with van der Waals surface area (Å²) in [7, 11) is 0. The molecular formula is C14H23NO3. The van der Waals surface area contributed by atoms with Crippen LogP contribution in [0.5, 0.6) is 0 Å². The third-order valence-electron chi connectivity index (χ3n) is 4.80. The SMILES string of the molecule is CCC(C)N(CC(=O)O)C(=O)C1CC12CCCC2. The Kier molecular flexibility index (Phi) is 3.64. The van der Waals surface area contributed by atoms with Gasteiger partial charge in [-0.05, 0) is 38.0 Å². The summed E-state index contributed by atoms with van der Waals surface area (Å²) in [5.74, 6) is -0.730. The van der Waals surface area contributed by atoms with E-state index in [-0.39, 0.29) is 29.8 Å². The van der Waals surface area contributed by atoms with E-state index < -0.39 is 5.97 Å². The molecule has 0 heterocycles. The van der Waals surface area contributed by atoms with Crippen LogP contribution in [0.4, 0.5) is 0 Å². The van der Waals surface area contributed by atoms with Crippen molar-refractivity contribution in [3.63, 3.8) is 0 Å². The molecule has 1 amide bonds. The van der Waals surface area contributed by atoms with Crippen molar-refractivity contribution in [2.45, 2.75) is 58.4 Å². The summed E-state index contributed by atoms with van der Waals surface area (Å²) >= 11 is 0. The Hall–Kier alpha value is -1.06. The lowest BCUT2D eigenvalue weighted by atomic mass is 10.0. The van der Waals surface area contributed by atoms with Crippen molar-refractivity contribution in [3.8, 4) is 0 Å². The van der Waals surface area contributed by atoms with Crippen LogP contribution in [0.25, 0.3) is 0 Å². The van der Waals surface area contributed by atoms with Gasteiger partial charge in [-0.15, -0.1) is 0 Å². The van der Waals surface area contributed by atoms with Crippen molar-refractivity contribution in [1.82, 2.24) is 4.90 Å². The van der Waals surface area contributed by atoms with Gasteiger partial charge < -0.3 is 10.0 Å². The number of carboxylic acid groups (broad SMARTS) is 1. The molecule has 2 rings (SSSR count). The van der Waals surface area contributed by atoms with Gasteiger partial charge in [0.05, 0.1) is 0 Å². The minimum atomic E-state index is -0.912. The third kappa shape index (κ3) is 2.38. The van der Waals surface area contributed by atoms with E-state index in [0.29, 0.717) is 0 Å². The zero-order valence-corrected chi connectivity index (χ0v) is 11.3. The molecule has 18 heavy (non-hydrogen) atoms. The fourth-order valence-electron chi connectivity index (χ4n) is 3.35. The van der Waals surface area contributed by atoms with E-state index >= 15 is 0 Å². The Labute approximate surface area is 108 Å². The Morgan fingerprint density at radius 3 is 2.50 bits per heavy atom. The van der Waals surface area contributed by atoms with Gasteiger partial charge in [0.2, 0.25) is 5.91 Å². The number of hydrogen-bond acceptors (Lipinski definition) is 2. The van der Waals surface area contributed by atoms with Crippen molar-refractivity contribution in [3.05, 3.63) is 0 Å². The Bertz CT molecular complexity index is 347. The molecular weight excluding hydrogens is 230 g/mol. The van der Waals surface area contributed by atoms with Crippen molar-refractivity contribution in [2.75, 3.05) is 6.54 Å². The van der Waals surface area contributed by atoms with Crippen molar-refractivity contribution < 1.29 is 14.7 Å². The maximum Gasteiger partial charge on any atom is 0.323 e. The smallest absolute Gasteiger partial charge is 0.323 e. The first kappa shape index (κ1) is 13.4. The summed E-state index contributed by atoms with van der Waals surface area (Å²) in [6, 6.07) is 0.0210. The molecule has 0 aromatic rings. The topological polar surface area (TPSA) is 57.6 Å². The number of hydrogen-bond donors (Lipinski definition) is 1. The van der Waals surface area contributed by atoms with Crippen molar-refractivity contribution in [1.29, 1.82) is 0 Å². The molecule has 1 spiro atoms. The predicted octanol–water partition coefficient (Wildman–Crippen LogP) is 2.28. The van der Waals surface area contributed by atoms with Crippen LogP contribution in [0, 0.1) is 11.3 Å². The van der Waals surface area contributed by atoms with Crippen LogP contribution in [0.3, 0.4) is 0 Å². The fourth-order valence-corrected chi connectivity index (χ4v) is 3.35. The van der Waals surface area contributed by atoms with Crippen LogP contribution in [-0.2, 0) is 9.59 Å². The van der Waals surface area contributed by atoms with Crippen molar-refractivity contribution in [2.24, 2.45) is 11.3 Å². The molecule has 0 aromatic heterocycles. The minimum Gasteiger partial charge on any atom is -0.480 e. The second-order valence-corrected chi connectivity index (χ2v) is 5.94. The normalized spacial score (nSPS) is 26.0. The summed E-state index contributed by atoms with van der Waals surface area (Å²) in [6.45, 7) is 3.77. The highest BCUT2D eigenvalue weighted by molar-refractivity contribution is 5.86. The molecule has 1 N–H and O–H groups in total. The standard InChI is InChI=1S/C14H23NO3/c1-3-10(2)15(9-12(16)17)13(18)11-8-14(11)6-4-5-7-14/h10-11H,3-9H2,1-2H3,(H,16,17). The highest BCUT2D eigenvalue weighted by atomic mass is 16.4. The van der Waals surface area contributed by atoms with Crippen LogP contribution < -0.4 is 0 Å². The lowest BCUT2D eigenvalue weighted by molar-refractivity contribution is -0.147.